The van der Waals surface area contributed by atoms with E-state index in [0.29, 0.717) is 10.6 Å². The maximum absolute atomic E-state index is 13.0. The fraction of sp³-hybridized carbons (Fsp3) is 0.250. The van der Waals surface area contributed by atoms with Gasteiger partial charge in [0.1, 0.15) is 11.5 Å². The van der Waals surface area contributed by atoms with E-state index in [1.807, 2.05) is 0 Å². The van der Waals surface area contributed by atoms with Gasteiger partial charge in [-0.05, 0) is 42.9 Å². The monoisotopic (exact) mass is 317 g/mol. The van der Waals surface area contributed by atoms with Crippen LogP contribution >= 0.6 is 23.8 Å². The molecule has 1 aromatic carbocycles. The lowest BCUT2D eigenvalue weighted by molar-refractivity contribution is -0.132. The molecule has 20 heavy (non-hydrogen) atoms. The molecule has 0 fully saturated rings. The highest BCUT2D eigenvalue weighted by Crippen LogP contribution is 2.16. The lowest BCUT2D eigenvalue weighted by atomic mass is 10.2. The molecule has 0 aliphatic rings. The summed E-state index contributed by atoms with van der Waals surface area (Å²) in [5, 5.41) is 7.12. The van der Waals surface area contributed by atoms with Crippen LogP contribution in [0.25, 0.3) is 0 Å². The quantitative estimate of drug-likeness (QED) is 0.385. The lowest BCUT2D eigenvalue weighted by Gasteiger charge is -2.09. The van der Waals surface area contributed by atoms with Crippen LogP contribution in [0.1, 0.15) is 12.5 Å². The number of carbonyl (C=O) groups excluding carboxylic acids is 1. The number of benzene rings is 1. The first-order valence-electron chi connectivity index (χ1n) is 5.54. The standard InChI is InChI=1S/C12H13ClFN3O2S/c1-7(11(18)19-2)16-17-12(20)15-6-8-5-9(14)3-4-10(8)13/h3-5H,6H2,1-2H3,(H2,15,17,20). The summed E-state index contributed by atoms with van der Waals surface area (Å²) >= 11 is 10.9. The molecule has 0 spiro atoms. The molecule has 1 aromatic rings. The molecular weight excluding hydrogens is 305 g/mol. The zero-order chi connectivity index (χ0) is 15.1. The van der Waals surface area contributed by atoms with E-state index in [0.717, 1.165) is 0 Å². The zero-order valence-electron chi connectivity index (χ0n) is 10.9. The Morgan fingerprint density at radius 1 is 1.55 bits per heavy atom. The number of hydrazone groups is 1. The fourth-order valence-corrected chi connectivity index (χ4v) is 1.52. The van der Waals surface area contributed by atoms with Crippen LogP contribution in [0, 0.1) is 5.82 Å². The van der Waals surface area contributed by atoms with Gasteiger partial charge in [-0.2, -0.15) is 5.10 Å². The van der Waals surface area contributed by atoms with Gasteiger partial charge in [0.25, 0.3) is 0 Å². The molecule has 0 atom stereocenters. The number of thiocarbonyl (C=S) groups is 1. The van der Waals surface area contributed by atoms with Crippen LogP contribution in [0.2, 0.25) is 5.02 Å². The molecule has 0 amide bonds. The minimum Gasteiger partial charge on any atom is -0.464 e. The molecule has 0 radical (unpaired) electrons. The van der Waals surface area contributed by atoms with Gasteiger partial charge in [0.15, 0.2) is 5.11 Å². The van der Waals surface area contributed by atoms with Crippen LogP contribution in [-0.2, 0) is 16.1 Å². The number of ether oxygens (including phenoxy) is 1. The molecule has 0 aromatic heterocycles. The summed E-state index contributed by atoms with van der Waals surface area (Å²) in [7, 11) is 1.25. The molecular formula is C12H13ClFN3O2S. The molecule has 108 valence electrons. The van der Waals surface area contributed by atoms with Crippen molar-refractivity contribution >= 4 is 40.6 Å². The van der Waals surface area contributed by atoms with Gasteiger partial charge in [-0.3, -0.25) is 5.43 Å². The van der Waals surface area contributed by atoms with Crippen molar-refractivity contribution in [3.8, 4) is 0 Å². The van der Waals surface area contributed by atoms with Crippen molar-refractivity contribution in [2.75, 3.05) is 7.11 Å². The number of methoxy groups -OCH3 is 1. The Balaban J connectivity index is 2.52. The summed E-state index contributed by atoms with van der Waals surface area (Å²) in [6.45, 7) is 1.71. The predicted molar refractivity (Wildman–Crippen MR) is 79.1 cm³/mol. The molecule has 1 rings (SSSR count). The Kier molecular flexibility index (Phi) is 6.33. The summed E-state index contributed by atoms with van der Waals surface area (Å²) in [6.07, 6.45) is 0. The van der Waals surface area contributed by atoms with Gasteiger partial charge in [-0.15, -0.1) is 0 Å². The first-order chi connectivity index (χ1) is 9.43. The van der Waals surface area contributed by atoms with Crippen LogP contribution < -0.4 is 10.7 Å². The molecule has 8 heteroatoms. The largest absolute Gasteiger partial charge is 0.464 e. The van der Waals surface area contributed by atoms with Crippen LogP contribution in [-0.4, -0.2) is 23.9 Å². The third-order valence-electron chi connectivity index (χ3n) is 2.25. The van der Waals surface area contributed by atoms with E-state index < -0.39 is 5.97 Å². The molecule has 0 unspecified atom stereocenters. The Hall–Kier alpha value is -1.73. The maximum Gasteiger partial charge on any atom is 0.353 e. The van der Waals surface area contributed by atoms with Gasteiger partial charge in [-0.25, -0.2) is 9.18 Å². The predicted octanol–water partition coefficient (Wildman–Crippen LogP) is 1.99. The van der Waals surface area contributed by atoms with Crippen molar-refractivity contribution in [2.24, 2.45) is 5.10 Å². The number of esters is 1. The highest BCUT2D eigenvalue weighted by Gasteiger charge is 2.06. The van der Waals surface area contributed by atoms with Crippen molar-refractivity contribution in [1.82, 2.24) is 10.7 Å². The summed E-state index contributed by atoms with van der Waals surface area (Å²) in [5.74, 6) is -0.946. The smallest absolute Gasteiger partial charge is 0.353 e. The van der Waals surface area contributed by atoms with E-state index in [-0.39, 0.29) is 23.2 Å². The van der Waals surface area contributed by atoms with Crippen LogP contribution in [0.3, 0.4) is 0 Å². The SMILES string of the molecule is COC(=O)C(C)=NNC(=S)NCc1cc(F)ccc1Cl. The topological polar surface area (TPSA) is 62.7 Å². The minimum atomic E-state index is -0.562. The van der Waals surface area contributed by atoms with Gasteiger partial charge in [0, 0.05) is 11.6 Å². The summed E-state index contributed by atoms with van der Waals surface area (Å²) in [5.41, 5.74) is 3.16. The number of carbonyl (C=O) groups is 1. The Morgan fingerprint density at radius 2 is 2.25 bits per heavy atom. The number of nitrogens with one attached hydrogen (secondary N) is 2. The van der Waals surface area contributed by atoms with E-state index >= 15 is 0 Å². The Bertz CT molecular complexity index is 552. The molecule has 0 bridgehead atoms. The first kappa shape index (κ1) is 16.3. The second-order valence-corrected chi connectivity index (χ2v) is 4.53. The van der Waals surface area contributed by atoms with E-state index in [1.54, 1.807) is 0 Å². The van der Waals surface area contributed by atoms with Crippen LogP contribution in [0.5, 0.6) is 0 Å². The number of rotatable bonds is 4. The molecule has 0 aliphatic carbocycles. The third-order valence-corrected chi connectivity index (χ3v) is 2.86. The van der Waals surface area contributed by atoms with E-state index in [2.05, 4.69) is 20.6 Å². The first-order valence-corrected chi connectivity index (χ1v) is 6.33. The number of halogens is 2. The highest BCUT2D eigenvalue weighted by atomic mass is 35.5. The molecule has 0 heterocycles. The average Bonchev–Trinajstić information content (AvgIpc) is 2.44. The summed E-state index contributed by atoms with van der Waals surface area (Å²) < 4.78 is 17.5. The number of nitrogens with zero attached hydrogens (tertiary/aromatic N) is 1. The van der Waals surface area contributed by atoms with Gasteiger partial charge in [-0.1, -0.05) is 11.6 Å². The zero-order valence-corrected chi connectivity index (χ0v) is 12.4. The Morgan fingerprint density at radius 3 is 2.90 bits per heavy atom. The number of hydrogen-bond donors (Lipinski definition) is 2. The van der Waals surface area contributed by atoms with Crippen molar-refractivity contribution in [2.45, 2.75) is 13.5 Å². The van der Waals surface area contributed by atoms with Gasteiger partial charge < -0.3 is 10.1 Å². The van der Waals surface area contributed by atoms with E-state index in [1.165, 1.54) is 32.2 Å². The molecule has 5 nitrogen and oxygen atoms in total. The second kappa shape index (κ2) is 7.76. The number of hydrogen-bond acceptors (Lipinski definition) is 4. The fourth-order valence-electron chi connectivity index (χ4n) is 1.22. The van der Waals surface area contributed by atoms with Crippen molar-refractivity contribution in [3.05, 3.63) is 34.6 Å². The summed E-state index contributed by atoms with van der Waals surface area (Å²) in [6, 6.07) is 4.04. The van der Waals surface area contributed by atoms with Gasteiger partial charge in [0.05, 0.1) is 7.11 Å². The van der Waals surface area contributed by atoms with E-state index in [9.17, 15) is 9.18 Å². The third kappa shape index (κ3) is 5.10. The summed E-state index contributed by atoms with van der Waals surface area (Å²) in [4.78, 5) is 11.1. The van der Waals surface area contributed by atoms with Gasteiger partial charge in [0.2, 0.25) is 0 Å². The van der Waals surface area contributed by atoms with E-state index in [4.69, 9.17) is 23.8 Å². The molecule has 2 N–H and O–H groups in total. The second-order valence-electron chi connectivity index (χ2n) is 3.72. The maximum atomic E-state index is 13.0. The molecule has 0 aliphatic heterocycles. The average molecular weight is 318 g/mol. The van der Waals surface area contributed by atoms with Crippen molar-refractivity contribution in [1.29, 1.82) is 0 Å². The molecule has 0 saturated heterocycles. The molecule has 0 saturated carbocycles. The van der Waals surface area contributed by atoms with Crippen LogP contribution in [0.4, 0.5) is 4.39 Å². The minimum absolute atomic E-state index is 0.125. The Labute approximate surface area is 126 Å². The van der Waals surface area contributed by atoms with Crippen LogP contribution in [0.15, 0.2) is 23.3 Å². The van der Waals surface area contributed by atoms with Crippen molar-refractivity contribution in [3.63, 3.8) is 0 Å². The normalized spacial score (nSPS) is 10.9. The lowest BCUT2D eigenvalue weighted by Crippen LogP contribution is -2.33. The van der Waals surface area contributed by atoms with Gasteiger partial charge >= 0.3 is 5.97 Å². The van der Waals surface area contributed by atoms with Crippen molar-refractivity contribution < 1.29 is 13.9 Å². The highest BCUT2D eigenvalue weighted by molar-refractivity contribution is 7.80.